The standard InChI is InChI=1S/C24H23Cl2N5O2/c1-15-7-4-5-8-18(15)13-31-17(3)22(16(2)28-31)27-24(32)21-11-12-30(29-21)14-33-23-19(25)9-6-10-20(23)26/h4-12H,13-14H2,1-3H3,(H,27,32). The lowest BCUT2D eigenvalue weighted by atomic mass is 10.1. The van der Waals surface area contributed by atoms with Gasteiger partial charge in [0.25, 0.3) is 5.91 Å². The Labute approximate surface area is 201 Å². The van der Waals surface area contributed by atoms with Crippen molar-refractivity contribution >= 4 is 34.8 Å². The second-order valence-corrected chi connectivity index (χ2v) is 8.46. The van der Waals surface area contributed by atoms with Crippen LogP contribution in [0.5, 0.6) is 5.75 Å². The summed E-state index contributed by atoms with van der Waals surface area (Å²) in [5, 5.41) is 12.6. The van der Waals surface area contributed by atoms with Gasteiger partial charge >= 0.3 is 0 Å². The molecule has 1 N–H and O–H groups in total. The Kier molecular flexibility index (Phi) is 6.72. The van der Waals surface area contributed by atoms with Gasteiger partial charge in [0, 0.05) is 6.20 Å². The van der Waals surface area contributed by atoms with Gasteiger partial charge < -0.3 is 10.1 Å². The molecule has 0 saturated heterocycles. The van der Waals surface area contributed by atoms with Gasteiger partial charge in [0.05, 0.1) is 33.7 Å². The quantitative estimate of drug-likeness (QED) is 0.368. The van der Waals surface area contributed by atoms with Crippen molar-refractivity contribution in [2.45, 2.75) is 34.0 Å². The third-order valence-electron chi connectivity index (χ3n) is 5.33. The smallest absolute Gasteiger partial charge is 0.276 e. The van der Waals surface area contributed by atoms with E-state index >= 15 is 0 Å². The third-order valence-corrected chi connectivity index (χ3v) is 5.93. The SMILES string of the molecule is Cc1ccccc1Cn1nc(C)c(NC(=O)c2ccn(COc3c(Cl)cccc3Cl)n2)c1C. The number of nitrogens with one attached hydrogen (secondary N) is 1. The van der Waals surface area contributed by atoms with Crippen LogP contribution in [0.15, 0.2) is 54.7 Å². The molecule has 0 aliphatic rings. The van der Waals surface area contributed by atoms with Crippen molar-refractivity contribution < 1.29 is 9.53 Å². The summed E-state index contributed by atoms with van der Waals surface area (Å²) in [6.45, 7) is 6.57. The maximum absolute atomic E-state index is 12.8. The van der Waals surface area contributed by atoms with Crippen LogP contribution >= 0.6 is 23.2 Å². The van der Waals surface area contributed by atoms with Gasteiger partial charge in [-0.15, -0.1) is 0 Å². The number of carbonyl (C=O) groups excluding carboxylic acids is 1. The number of hydrogen-bond acceptors (Lipinski definition) is 4. The summed E-state index contributed by atoms with van der Waals surface area (Å²) in [4.78, 5) is 12.8. The van der Waals surface area contributed by atoms with Crippen LogP contribution < -0.4 is 10.1 Å². The van der Waals surface area contributed by atoms with Crippen molar-refractivity contribution in [1.82, 2.24) is 19.6 Å². The minimum absolute atomic E-state index is 0.0587. The van der Waals surface area contributed by atoms with Crippen molar-refractivity contribution in [2.24, 2.45) is 0 Å². The summed E-state index contributed by atoms with van der Waals surface area (Å²) in [5.74, 6) is 0.0424. The number of halogens is 2. The summed E-state index contributed by atoms with van der Waals surface area (Å²) in [6.07, 6.45) is 1.65. The van der Waals surface area contributed by atoms with E-state index in [9.17, 15) is 4.79 Å². The number of anilines is 1. The van der Waals surface area contributed by atoms with Gasteiger partial charge in [0.15, 0.2) is 18.2 Å². The van der Waals surface area contributed by atoms with Crippen LogP contribution in [0.25, 0.3) is 0 Å². The average Bonchev–Trinajstić information content (AvgIpc) is 3.35. The topological polar surface area (TPSA) is 74.0 Å². The Morgan fingerprint density at radius 1 is 1.00 bits per heavy atom. The molecule has 7 nitrogen and oxygen atoms in total. The van der Waals surface area contributed by atoms with Gasteiger partial charge in [-0.3, -0.25) is 9.48 Å². The summed E-state index contributed by atoms with van der Waals surface area (Å²) < 4.78 is 9.06. The van der Waals surface area contributed by atoms with E-state index in [-0.39, 0.29) is 18.3 Å². The highest BCUT2D eigenvalue weighted by molar-refractivity contribution is 6.37. The van der Waals surface area contributed by atoms with Crippen LogP contribution in [0.1, 0.15) is 33.0 Å². The maximum atomic E-state index is 12.8. The van der Waals surface area contributed by atoms with E-state index in [1.807, 2.05) is 30.7 Å². The molecule has 0 atom stereocenters. The molecule has 2 heterocycles. The number of amides is 1. The Morgan fingerprint density at radius 2 is 1.73 bits per heavy atom. The fourth-order valence-electron chi connectivity index (χ4n) is 3.46. The molecule has 4 aromatic rings. The maximum Gasteiger partial charge on any atom is 0.276 e. The van der Waals surface area contributed by atoms with E-state index in [1.165, 1.54) is 15.8 Å². The molecule has 0 aliphatic carbocycles. The van der Waals surface area contributed by atoms with Gasteiger partial charge in [0.1, 0.15) is 0 Å². The van der Waals surface area contributed by atoms with Crippen LogP contribution in [0.2, 0.25) is 10.0 Å². The second kappa shape index (κ2) is 9.68. The fraction of sp³-hybridized carbons (Fsp3) is 0.208. The van der Waals surface area contributed by atoms with Crippen molar-refractivity contribution in [3.8, 4) is 5.75 Å². The minimum Gasteiger partial charge on any atom is -0.468 e. The van der Waals surface area contributed by atoms with Crippen molar-refractivity contribution in [3.05, 3.63) is 93.0 Å². The van der Waals surface area contributed by atoms with Gasteiger partial charge in [0.2, 0.25) is 0 Å². The lowest BCUT2D eigenvalue weighted by Gasteiger charge is -2.09. The van der Waals surface area contributed by atoms with Crippen LogP contribution in [-0.2, 0) is 13.3 Å². The molecule has 0 unspecified atom stereocenters. The molecule has 2 aromatic carbocycles. The number of nitrogens with zero attached hydrogens (tertiary/aromatic N) is 4. The third kappa shape index (κ3) is 5.05. The van der Waals surface area contributed by atoms with Crippen molar-refractivity contribution in [3.63, 3.8) is 0 Å². The summed E-state index contributed by atoms with van der Waals surface area (Å²) in [6, 6.07) is 14.9. The molecule has 0 radical (unpaired) electrons. The first kappa shape index (κ1) is 22.9. The Bertz CT molecular complexity index is 1290. The first-order valence-electron chi connectivity index (χ1n) is 10.3. The van der Waals surface area contributed by atoms with E-state index in [2.05, 4.69) is 34.6 Å². The second-order valence-electron chi connectivity index (χ2n) is 7.65. The number of hydrogen-bond donors (Lipinski definition) is 1. The highest BCUT2D eigenvalue weighted by atomic mass is 35.5. The number of rotatable bonds is 7. The first-order chi connectivity index (χ1) is 15.8. The predicted octanol–water partition coefficient (Wildman–Crippen LogP) is 5.65. The molecular weight excluding hydrogens is 461 g/mol. The van der Waals surface area contributed by atoms with Gasteiger partial charge in [-0.1, -0.05) is 53.5 Å². The molecule has 0 fully saturated rings. The van der Waals surface area contributed by atoms with Crippen LogP contribution in [-0.4, -0.2) is 25.5 Å². The highest BCUT2D eigenvalue weighted by Gasteiger charge is 2.18. The molecule has 1 amide bonds. The summed E-state index contributed by atoms with van der Waals surface area (Å²) in [7, 11) is 0. The first-order valence-corrected chi connectivity index (χ1v) is 11.1. The molecule has 0 spiro atoms. The number of aromatic nitrogens is 4. The van der Waals surface area contributed by atoms with Crippen LogP contribution in [0.4, 0.5) is 5.69 Å². The lowest BCUT2D eigenvalue weighted by molar-refractivity contribution is 0.102. The lowest BCUT2D eigenvalue weighted by Crippen LogP contribution is -2.15. The molecular formula is C24H23Cl2N5O2. The zero-order valence-electron chi connectivity index (χ0n) is 18.5. The summed E-state index contributed by atoms with van der Waals surface area (Å²) in [5.41, 5.74) is 4.93. The molecule has 170 valence electrons. The number of aryl methyl sites for hydroxylation is 2. The normalized spacial score (nSPS) is 10.9. The molecule has 0 aliphatic heterocycles. The molecule has 2 aromatic heterocycles. The van der Waals surface area contributed by atoms with Crippen molar-refractivity contribution in [2.75, 3.05) is 5.32 Å². The van der Waals surface area contributed by atoms with Gasteiger partial charge in [-0.05, 0) is 50.1 Å². The largest absolute Gasteiger partial charge is 0.468 e. The van der Waals surface area contributed by atoms with Crippen LogP contribution in [0, 0.1) is 20.8 Å². The number of benzene rings is 2. The Hall–Kier alpha value is -3.29. The molecule has 4 rings (SSSR count). The van der Waals surface area contributed by atoms with Crippen molar-refractivity contribution in [1.29, 1.82) is 0 Å². The number of ether oxygens (including phenoxy) is 1. The highest BCUT2D eigenvalue weighted by Crippen LogP contribution is 2.32. The predicted molar refractivity (Wildman–Crippen MR) is 129 cm³/mol. The monoisotopic (exact) mass is 483 g/mol. The van der Waals surface area contributed by atoms with Crippen LogP contribution in [0.3, 0.4) is 0 Å². The average molecular weight is 484 g/mol. The molecule has 9 heteroatoms. The molecule has 0 saturated carbocycles. The van der Waals surface area contributed by atoms with E-state index < -0.39 is 0 Å². The number of carbonyl (C=O) groups is 1. The zero-order chi connectivity index (χ0) is 23.5. The fourth-order valence-corrected chi connectivity index (χ4v) is 3.97. The zero-order valence-corrected chi connectivity index (χ0v) is 20.0. The summed E-state index contributed by atoms with van der Waals surface area (Å²) >= 11 is 12.2. The molecule has 33 heavy (non-hydrogen) atoms. The minimum atomic E-state index is -0.328. The number of para-hydroxylation sites is 1. The van der Waals surface area contributed by atoms with Gasteiger partial charge in [-0.2, -0.15) is 10.2 Å². The molecule has 0 bridgehead atoms. The Balaban J connectivity index is 1.44. The van der Waals surface area contributed by atoms with Gasteiger partial charge in [-0.25, -0.2) is 4.68 Å². The van der Waals surface area contributed by atoms with E-state index in [0.717, 1.165) is 11.4 Å². The Morgan fingerprint density at radius 3 is 2.45 bits per heavy atom. The van der Waals surface area contributed by atoms with E-state index in [4.69, 9.17) is 27.9 Å². The van der Waals surface area contributed by atoms with E-state index in [0.29, 0.717) is 28.0 Å². The van der Waals surface area contributed by atoms with E-state index in [1.54, 1.807) is 30.5 Å².